The molecule has 1 aliphatic rings. The predicted molar refractivity (Wildman–Crippen MR) is 128 cm³/mol. The predicted octanol–water partition coefficient (Wildman–Crippen LogP) is 4.44. The van der Waals surface area contributed by atoms with Crippen LogP contribution in [0.15, 0.2) is 60.8 Å². The Kier molecular flexibility index (Phi) is 6.60. The summed E-state index contributed by atoms with van der Waals surface area (Å²) in [4.78, 5) is 21.7. The molecule has 1 fully saturated rings. The summed E-state index contributed by atoms with van der Waals surface area (Å²) in [5, 5.41) is 4.06. The van der Waals surface area contributed by atoms with Crippen LogP contribution < -0.4 is 4.74 Å². The van der Waals surface area contributed by atoms with Crippen molar-refractivity contribution in [2.45, 2.75) is 13.0 Å². The zero-order valence-corrected chi connectivity index (χ0v) is 19.6. The number of fused-ring (bicyclic) bond motifs is 1. The Hall–Kier alpha value is -3.92. The molecule has 1 amide bonds. The third-order valence-electron chi connectivity index (χ3n) is 6.29. The van der Waals surface area contributed by atoms with Crippen LogP contribution in [0.3, 0.4) is 0 Å². The van der Waals surface area contributed by atoms with Crippen LogP contribution >= 0.6 is 0 Å². The van der Waals surface area contributed by atoms with E-state index in [0.717, 1.165) is 10.1 Å². The Bertz CT molecular complexity index is 1400. The quantitative estimate of drug-likeness (QED) is 0.396. The van der Waals surface area contributed by atoms with E-state index in [0.29, 0.717) is 44.0 Å². The molecular weight excluding hydrogens is 471 g/mol. The van der Waals surface area contributed by atoms with E-state index in [9.17, 15) is 18.0 Å². The lowest BCUT2D eigenvalue weighted by atomic mass is 10.1. The number of ether oxygens (including phenoxy) is 1. The van der Waals surface area contributed by atoms with Gasteiger partial charge in [-0.1, -0.05) is 24.3 Å². The van der Waals surface area contributed by atoms with Crippen LogP contribution in [0.5, 0.6) is 5.75 Å². The molecule has 0 atom stereocenters. The van der Waals surface area contributed by atoms with Gasteiger partial charge in [0.1, 0.15) is 22.8 Å². The molecule has 2 aromatic heterocycles. The third kappa shape index (κ3) is 4.64. The van der Waals surface area contributed by atoms with E-state index in [1.54, 1.807) is 35.2 Å². The van der Waals surface area contributed by atoms with Crippen molar-refractivity contribution in [3.05, 3.63) is 83.4 Å². The Morgan fingerprint density at radius 3 is 2.56 bits per heavy atom. The minimum Gasteiger partial charge on any atom is -0.496 e. The lowest BCUT2D eigenvalue weighted by Gasteiger charge is -2.34. The molecule has 4 aromatic rings. The van der Waals surface area contributed by atoms with E-state index < -0.39 is 6.43 Å². The number of halogens is 3. The third-order valence-corrected chi connectivity index (χ3v) is 6.29. The normalized spacial score (nSPS) is 14.5. The van der Waals surface area contributed by atoms with Gasteiger partial charge in [0.25, 0.3) is 12.3 Å². The largest absolute Gasteiger partial charge is 0.496 e. The van der Waals surface area contributed by atoms with Crippen molar-refractivity contribution in [1.29, 1.82) is 0 Å². The topological polar surface area (TPSA) is 63.0 Å². The molecule has 0 spiro atoms. The van der Waals surface area contributed by atoms with E-state index >= 15 is 0 Å². The van der Waals surface area contributed by atoms with Crippen LogP contribution in [0.25, 0.3) is 16.9 Å². The second-order valence-electron chi connectivity index (χ2n) is 8.56. The van der Waals surface area contributed by atoms with Gasteiger partial charge >= 0.3 is 0 Å². The van der Waals surface area contributed by atoms with Crippen molar-refractivity contribution in [2.75, 3.05) is 33.3 Å². The molecule has 0 bridgehead atoms. The van der Waals surface area contributed by atoms with Gasteiger partial charge in [-0.2, -0.15) is 5.10 Å². The van der Waals surface area contributed by atoms with Gasteiger partial charge in [-0.05, 0) is 35.9 Å². The highest BCUT2D eigenvalue weighted by Gasteiger charge is 2.27. The Balaban J connectivity index is 1.41. The molecule has 10 heteroatoms. The fraction of sp³-hybridized carbons (Fsp3) is 0.269. The number of nitrogens with zero attached hydrogens (tertiary/aromatic N) is 5. The molecule has 0 aliphatic carbocycles. The second-order valence-corrected chi connectivity index (χ2v) is 8.56. The van der Waals surface area contributed by atoms with Crippen molar-refractivity contribution in [1.82, 2.24) is 24.4 Å². The Morgan fingerprint density at radius 1 is 1.06 bits per heavy atom. The van der Waals surface area contributed by atoms with Crippen molar-refractivity contribution in [3.63, 3.8) is 0 Å². The standard InChI is InChI=1S/C26H24F3N5O2/c1-36-23-8-3-2-7-19(23)21-14-22(24(28)29)34-25(31-21)20(15-30-34)26(35)33-11-9-32(10-12-33)16-17-5-4-6-18(27)13-17/h2-8,13-15,24H,9-12,16H2,1H3. The maximum absolute atomic E-state index is 13.9. The summed E-state index contributed by atoms with van der Waals surface area (Å²) in [6.07, 6.45) is -1.53. The van der Waals surface area contributed by atoms with E-state index in [-0.39, 0.29) is 34.3 Å². The van der Waals surface area contributed by atoms with Gasteiger partial charge in [-0.3, -0.25) is 9.69 Å². The highest BCUT2D eigenvalue weighted by molar-refractivity contribution is 6.00. The number of amides is 1. The summed E-state index contributed by atoms with van der Waals surface area (Å²) in [5.74, 6) is -0.116. The fourth-order valence-electron chi connectivity index (χ4n) is 4.46. The van der Waals surface area contributed by atoms with E-state index in [1.165, 1.54) is 31.5 Å². The number of alkyl halides is 2. The monoisotopic (exact) mass is 495 g/mol. The second kappa shape index (κ2) is 9.98. The number of methoxy groups -OCH3 is 1. The van der Waals surface area contributed by atoms with E-state index in [4.69, 9.17) is 4.74 Å². The van der Waals surface area contributed by atoms with Crippen molar-refractivity contribution in [2.24, 2.45) is 0 Å². The van der Waals surface area contributed by atoms with Crippen LogP contribution in [-0.4, -0.2) is 63.6 Å². The molecule has 1 aliphatic heterocycles. The minimum atomic E-state index is -2.82. The average Bonchev–Trinajstić information content (AvgIpc) is 3.32. The number of hydrogen-bond acceptors (Lipinski definition) is 5. The molecule has 186 valence electrons. The van der Waals surface area contributed by atoms with Crippen molar-refractivity contribution in [3.8, 4) is 17.0 Å². The Labute approximate surface area is 205 Å². The average molecular weight is 496 g/mol. The van der Waals surface area contributed by atoms with Crippen molar-refractivity contribution >= 4 is 11.6 Å². The number of benzene rings is 2. The van der Waals surface area contributed by atoms with E-state index in [1.807, 2.05) is 6.07 Å². The maximum atomic E-state index is 13.9. The van der Waals surface area contributed by atoms with Crippen LogP contribution in [0.4, 0.5) is 13.2 Å². The summed E-state index contributed by atoms with van der Waals surface area (Å²) in [6, 6.07) is 14.7. The number of carbonyl (C=O) groups excluding carboxylic acids is 1. The Morgan fingerprint density at radius 2 is 1.83 bits per heavy atom. The smallest absolute Gasteiger partial charge is 0.280 e. The molecule has 3 heterocycles. The van der Waals surface area contributed by atoms with Gasteiger partial charge in [0, 0.05) is 38.3 Å². The number of piperazine rings is 1. The highest BCUT2D eigenvalue weighted by Crippen LogP contribution is 2.32. The molecule has 0 unspecified atom stereocenters. The molecule has 0 N–H and O–H groups in total. The van der Waals surface area contributed by atoms with Crippen LogP contribution in [0.2, 0.25) is 0 Å². The summed E-state index contributed by atoms with van der Waals surface area (Å²) in [6.45, 7) is 2.67. The first-order valence-electron chi connectivity index (χ1n) is 11.5. The number of rotatable bonds is 6. The van der Waals surface area contributed by atoms with Gasteiger partial charge in [0.15, 0.2) is 5.65 Å². The van der Waals surface area contributed by atoms with Gasteiger partial charge in [-0.25, -0.2) is 22.7 Å². The number of hydrogen-bond donors (Lipinski definition) is 0. The SMILES string of the molecule is COc1ccccc1-c1cc(C(F)F)n2ncc(C(=O)N3CCN(Cc4cccc(F)c4)CC3)c2n1. The molecule has 7 nitrogen and oxygen atoms in total. The molecule has 1 saturated heterocycles. The zero-order chi connectivity index (χ0) is 25.2. The first kappa shape index (κ1) is 23.8. The molecule has 36 heavy (non-hydrogen) atoms. The highest BCUT2D eigenvalue weighted by atomic mass is 19.3. The molecule has 0 saturated carbocycles. The minimum absolute atomic E-state index is 0.0703. The molecule has 0 radical (unpaired) electrons. The van der Waals surface area contributed by atoms with Crippen molar-refractivity contribution < 1.29 is 22.7 Å². The summed E-state index contributed by atoms with van der Waals surface area (Å²) >= 11 is 0. The maximum Gasteiger partial charge on any atom is 0.280 e. The first-order chi connectivity index (χ1) is 17.4. The molecule has 2 aromatic carbocycles. The summed E-state index contributed by atoms with van der Waals surface area (Å²) in [7, 11) is 1.49. The fourth-order valence-corrected chi connectivity index (χ4v) is 4.46. The molecule has 5 rings (SSSR count). The van der Waals surface area contributed by atoms with Crippen LogP contribution in [0, 0.1) is 5.82 Å². The van der Waals surface area contributed by atoms with Crippen LogP contribution in [-0.2, 0) is 6.54 Å². The van der Waals surface area contributed by atoms with Crippen LogP contribution in [0.1, 0.15) is 28.0 Å². The number of para-hydroxylation sites is 1. The lowest BCUT2D eigenvalue weighted by Crippen LogP contribution is -2.48. The lowest BCUT2D eigenvalue weighted by molar-refractivity contribution is 0.0630. The van der Waals surface area contributed by atoms with Gasteiger partial charge in [0.05, 0.1) is 19.0 Å². The zero-order valence-electron chi connectivity index (χ0n) is 19.6. The number of carbonyl (C=O) groups is 1. The van der Waals surface area contributed by atoms with Gasteiger partial charge < -0.3 is 9.64 Å². The summed E-state index contributed by atoms with van der Waals surface area (Å²) < 4.78 is 47.8. The molecular formula is C26H24F3N5O2. The number of aromatic nitrogens is 3. The summed E-state index contributed by atoms with van der Waals surface area (Å²) in [5.41, 5.74) is 1.54. The first-order valence-corrected chi connectivity index (χ1v) is 11.5. The van der Waals surface area contributed by atoms with Gasteiger partial charge in [0.2, 0.25) is 0 Å². The van der Waals surface area contributed by atoms with E-state index in [2.05, 4.69) is 15.0 Å². The van der Waals surface area contributed by atoms with Gasteiger partial charge in [-0.15, -0.1) is 0 Å².